The summed E-state index contributed by atoms with van der Waals surface area (Å²) in [6.45, 7) is 1.94. The monoisotopic (exact) mass is 319 g/mol. The van der Waals surface area contributed by atoms with Crippen LogP contribution in [0.25, 0.3) is 0 Å². The number of H-pyrrole nitrogens is 1. The third kappa shape index (κ3) is 3.42. The topological polar surface area (TPSA) is 88.1 Å². The zero-order valence-electron chi connectivity index (χ0n) is 12.8. The predicted octanol–water partition coefficient (Wildman–Crippen LogP) is 3.00. The molecule has 118 valence electrons. The highest BCUT2D eigenvalue weighted by molar-refractivity contribution is 5.87. The number of rotatable bonds is 3. The van der Waals surface area contributed by atoms with Gasteiger partial charge in [-0.2, -0.15) is 0 Å². The first-order chi connectivity index (χ1) is 11.6. The number of nitrogens with zero attached hydrogens (tertiary/aromatic N) is 2. The normalized spacial score (nSPS) is 9.88. The molecule has 0 atom stereocenters. The van der Waals surface area contributed by atoms with E-state index in [9.17, 15) is 4.79 Å². The summed E-state index contributed by atoms with van der Waals surface area (Å²) in [5.74, 6) is 5.40. The highest BCUT2D eigenvalue weighted by atomic mass is 16.5. The van der Waals surface area contributed by atoms with E-state index in [1.165, 1.54) is 0 Å². The van der Waals surface area contributed by atoms with Crippen LogP contribution in [0, 0.1) is 18.8 Å². The summed E-state index contributed by atoms with van der Waals surface area (Å²) < 4.78 is 5.53. The van der Waals surface area contributed by atoms with Crippen molar-refractivity contribution >= 4 is 5.97 Å². The summed E-state index contributed by atoms with van der Waals surface area (Å²) in [7, 11) is 0. The van der Waals surface area contributed by atoms with E-state index in [0.717, 1.165) is 16.7 Å². The molecule has 1 heterocycles. The molecule has 0 fully saturated rings. The van der Waals surface area contributed by atoms with Gasteiger partial charge in [-0.1, -0.05) is 41.3 Å². The Morgan fingerprint density at radius 2 is 1.96 bits per heavy atom. The first-order valence-electron chi connectivity index (χ1n) is 7.13. The number of nitrogens with one attached hydrogen (secondary N) is 1. The molecule has 6 nitrogen and oxygen atoms in total. The fourth-order valence-electron chi connectivity index (χ4n) is 2.01. The molecule has 0 amide bonds. The molecule has 6 heteroatoms. The van der Waals surface area contributed by atoms with Gasteiger partial charge in [0.05, 0.1) is 0 Å². The molecule has 0 aliphatic carbocycles. The van der Waals surface area contributed by atoms with Gasteiger partial charge in [-0.15, -0.1) is 5.10 Å². The Labute approximate surface area is 138 Å². The van der Waals surface area contributed by atoms with E-state index in [0.29, 0.717) is 5.75 Å². The fraction of sp³-hybridized carbons (Fsp3) is 0.0556. The molecule has 3 rings (SSSR count). The molecule has 24 heavy (non-hydrogen) atoms. The van der Waals surface area contributed by atoms with Crippen molar-refractivity contribution in [2.24, 2.45) is 0 Å². The Hall–Kier alpha value is -3.59. The molecule has 2 N–H and O–H groups in total. The van der Waals surface area contributed by atoms with Gasteiger partial charge in [0.25, 0.3) is 5.88 Å². The number of aromatic nitrogens is 3. The summed E-state index contributed by atoms with van der Waals surface area (Å²) in [4.78, 5) is 11.0. The van der Waals surface area contributed by atoms with E-state index >= 15 is 0 Å². The predicted molar refractivity (Wildman–Crippen MR) is 87.0 cm³/mol. The number of carbonyl (C=O) groups is 1. The van der Waals surface area contributed by atoms with Crippen LogP contribution in [0.4, 0.5) is 0 Å². The van der Waals surface area contributed by atoms with Crippen LogP contribution in [0.15, 0.2) is 48.5 Å². The van der Waals surface area contributed by atoms with Crippen molar-refractivity contribution in [2.75, 3.05) is 0 Å². The van der Waals surface area contributed by atoms with Crippen LogP contribution in [-0.2, 0) is 0 Å². The number of aromatic carboxylic acids is 1. The van der Waals surface area contributed by atoms with E-state index in [1.807, 2.05) is 43.3 Å². The summed E-state index contributed by atoms with van der Waals surface area (Å²) in [6, 6.07) is 15.0. The number of aryl methyl sites for hydroxylation is 1. The number of hydrogen-bond acceptors (Lipinski definition) is 4. The molecule has 0 saturated heterocycles. The molecule has 0 spiro atoms. The minimum Gasteiger partial charge on any atom is -0.476 e. The van der Waals surface area contributed by atoms with E-state index in [-0.39, 0.29) is 11.6 Å². The van der Waals surface area contributed by atoms with E-state index in [2.05, 4.69) is 27.3 Å². The minimum atomic E-state index is -1.21. The van der Waals surface area contributed by atoms with Crippen molar-refractivity contribution in [3.63, 3.8) is 0 Å². The SMILES string of the molecule is Cc1ccc(Oc2[nH]nnc2C(=O)O)cc1C#Cc1ccccc1. The largest absolute Gasteiger partial charge is 0.476 e. The second-order valence-corrected chi connectivity index (χ2v) is 4.99. The van der Waals surface area contributed by atoms with Crippen molar-refractivity contribution in [3.8, 4) is 23.5 Å². The number of carboxylic acids is 1. The number of benzene rings is 2. The van der Waals surface area contributed by atoms with E-state index in [1.54, 1.807) is 12.1 Å². The third-order valence-electron chi connectivity index (χ3n) is 3.26. The highest BCUT2D eigenvalue weighted by Crippen LogP contribution is 2.24. The van der Waals surface area contributed by atoms with Crippen molar-refractivity contribution in [1.29, 1.82) is 0 Å². The molecule has 0 saturated carbocycles. The average molecular weight is 319 g/mol. The molecule has 0 radical (unpaired) electrons. The molecule has 1 aromatic heterocycles. The van der Waals surface area contributed by atoms with E-state index in [4.69, 9.17) is 9.84 Å². The maximum atomic E-state index is 11.0. The highest BCUT2D eigenvalue weighted by Gasteiger charge is 2.16. The summed E-state index contributed by atoms with van der Waals surface area (Å²) >= 11 is 0. The molecule has 0 aliphatic rings. The first-order valence-corrected chi connectivity index (χ1v) is 7.13. The van der Waals surface area contributed by atoms with Crippen LogP contribution in [-0.4, -0.2) is 26.5 Å². The number of ether oxygens (including phenoxy) is 1. The first kappa shape index (κ1) is 15.3. The molecular formula is C18H13N3O3. The average Bonchev–Trinajstić information content (AvgIpc) is 3.05. The van der Waals surface area contributed by atoms with Gasteiger partial charge in [-0.25, -0.2) is 9.89 Å². The maximum absolute atomic E-state index is 11.0. The van der Waals surface area contributed by atoms with Crippen LogP contribution in [0.5, 0.6) is 11.6 Å². The van der Waals surface area contributed by atoms with Crippen LogP contribution in [0.1, 0.15) is 27.2 Å². The second kappa shape index (κ2) is 6.67. The lowest BCUT2D eigenvalue weighted by Gasteiger charge is -2.05. The smallest absolute Gasteiger partial charge is 0.362 e. The van der Waals surface area contributed by atoms with Gasteiger partial charge in [0, 0.05) is 11.1 Å². The molecule has 0 bridgehead atoms. The van der Waals surface area contributed by atoms with Crippen LogP contribution < -0.4 is 4.74 Å². The second-order valence-electron chi connectivity index (χ2n) is 4.99. The molecule has 0 unspecified atom stereocenters. The molecular weight excluding hydrogens is 306 g/mol. The van der Waals surface area contributed by atoms with E-state index < -0.39 is 5.97 Å². The molecule has 2 aromatic carbocycles. The summed E-state index contributed by atoms with van der Waals surface area (Å²) in [5, 5.41) is 18.4. The van der Waals surface area contributed by atoms with Gasteiger partial charge in [0.2, 0.25) is 5.69 Å². The van der Waals surface area contributed by atoms with Gasteiger partial charge < -0.3 is 9.84 Å². The number of carboxylic acid groups (broad SMARTS) is 1. The van der Waals surface area contributed by atoms with Crippen molar-refractivity contribution in [3.05, 3.63) is 70.9 Å². The minimum absolute atomic E-state index is 0.0201. The Morgan fingerprint density at radius 3 is 2.71 bits per heavy atom. The van der Waals surface area contributed by atoms with Crippen LogP contribution in [0.2, 0.25) is 0 Å². The van der Waals surface area contributed by atoms with Crippen LogP contribution >= 0.6 is 0 Å². The molecule has 3 aromatic rings. The molecule has 0 aliphatic heterocycles. The van der Waals surface area contributed by atoms with Gasteiger partial charge in [-0.05, 0) is 36.8 Å². The van der Waals surface area contributed by atoms with Crippen LogP contribution in [0.3, 0.4) is 0 Å². The summed E-state index contributed by atoms with van der Waals surface area (Å²) in [6.07, 6.45) is 0. The van der Waals surface area contributed by atoms with Gasteiger partial charge in [0.1, 0.15) is 5.75 Å². The Morgan fingerprint density at radius 1 is 1.17 bits per heavy atom. The lowest BCUT2D eigenvalue weighted by Crippen LogP contribution is -2.00. The standard InChI is InChI=1S/C18H13N3O3/c1-12-7-10-15(24-17-16(18(22)23)19-21-20-17)11-14(12)9-8-13-5-3-2-4-6-13/h2-7,10-11H,1H3,(H,22,23)(H,19,20,21). The zero-order valence-corrected chi connectivity index (χ0v) is 12.8. The lowest BCUT2D eigenvalue weighted by atomic mass is 10.1. The van der Waals surface area contributed by atoms with Crippen molar-refractivity contribution in [2.45, 2.75) is 6.92 Å². The van der Waals surface area contributed by atoms with Gasteiger partial charge in [-0.3, -0.25) is 0 Å². The maximum Gasteiger partial charge on any atom is 0.362 e. The Kier molecular flexibility index (Phi) is 4.25. The van der Waals surface area contributed by atoms with Crippen molar-refractivity contribution in [1.82, 2.24) is 15.4 Å². The Balaban J connectivity index is 1.88. The fourth-order valence-corrected chi connectivity index (χ4v) is 2.01. The van der Waals surface area contributed by atoms with Gasteiger partial charge in [0.15, 0.2) is 0 Å². The zero-order chi connectivity index (χ0) is 16.9. The Bertz CT molecular complexity index is 937. The number of aromatic amines is 1. The van der Waals surface area contributed by atoms with Gasteiger partial charge >= 0.3 is 5.97 Å². The quantitative estimate of drug-likeness (QED) is 0.725. The van der Waals surface area contributed by atoms with Crippen molar-refractivity contribution < 1.29 is 14.6 Å². The summed E-state index contributed by atoms with van der Waals surface area (Å²) in [5.41, 5.74) is 2.43. The third-order valence-corrected chi connectivity index (χ3v) is 3.26. The lowest BCUT2D eigenvalue weighted by molar-refractivity contribution is 0.0687. The number of hydrogen-bond donors (Lipinski definition) is 2.